The van der Waals surface area contributed by atoms with Crippen LogP contribution in [0.4, 0.5) is 0 Å². The van der Waals surface area contributed by atoms with Crippen molar-refractivity contribution in [2.24, 2.45) is 0 Å². The van der Waals surface area contributed by atoms with Gasteiger partial charge in [-0.15, -0.1) is 0 Å². The number of imide groups is 1. The Hall–Kier alpha value is -2.46. The Kier molecular flexibility index (Phi) is 3.69. The van der Waals surface area contributed by atoms with E-state index in [9.17, 15) is 9.59 Å². The lowest BCUT2D eigenvalue weighted by Crippen LogP contribution is -2.41. The summed E-state index contributed by atoms with van der Waals surface area (Å²) >= 11 is 3.50. The molecule has 3 aromatic rings. The number of carbonyl (C=O) groups is 2. The van der Waals surface area contributed by atoms with E-state index in [1.807, 2.05) is 48.5 Å². The normalized spacial score (nSPS) is 13.6. The van der Waals surface area contributed by atoms with E-state index in [1.165, 1.54) is 4.90 Å². The van der Waals surface area contributed by atoms with Gasteiger partial charge in [-0.05, 0) is 35.6 Å². The van der Waals surface area contributed by atoms with Crippen LogP contribution in [-0.2, 0) is 6.42 Å². The van der Waals surface area contributed by atoms with Crippen LogP contribution in [0.1, 0.15) is 26.3 Å². The fraction of sp³-hybridized carbons (Fsp3) is 0.100. The molecule has 2 amide bonds. The van der Waals surface area contributed by atoms with Crippen molar-refractivity contribution in [1.29, 1.82) is 0 Å². The molecule has 0 aliphatic carbocycles. The highest BCUT2D eigenvalue weighted by atomic mass is 79.9. The van der Waals surface area contributed by atoms with E-state index in [4.69, 9.17) is 0 Å². The Morgan fingerprint density at radius 1 is 0.792 bits per heavy atom. The van der Waals surface area contributed by atoms with Crippen molar-refractivity contribution in [3.63, 3.8) is 0 Å². The molecule has 0 fully saturated rings. The second kappa shape index (κ2) is 5.87. The SMILES string of the molecule is O=C1c2cccc3c(Br)ccc(c23)C(=O)N1CCc1ccccc1. The van der Waals surface area contributed by atoms with Gasteiger partial charge >= 0.3 is 0 Å². The predicted octanol–water partition coefficient (Wildman–Crippen LogP) is 4.44. The minimum Gasteiger partial charge on any atom is -0.274 e. The van der Waals surface area contributed by atoms with Gasteiger partial charge in [0.15, 0.2) is 0 Å². The molecular formula is C20H14BrNO2. The Bertz CT molecular complexity index is 944. The molecule has 0 atom stereocenters. The van der Waals surface area contributed by atoms with Crippen LogP contribution in [0.25, 0.3) is 10.8 Å². The molecule has 0 bridgehead atoms. The van der Waals surface area contributed by atoms with Crippen LogP contribution in [-0.4, -0.2) is 23.3 Å². The van der Waals surface area contributed by atoms with Crippen LogP contribution in [0.5, 0.6) is 0 Å². The Morgan fingerprint density at radius 3 is 2.25 bits per heavy atom. The Balaban J connectivity index is 1.74. The topological polar surface area (TPSA) is 37.4 Å². The van der Waals surface area contributed by atoms with Crippen molar-refractivity contribution in [3.05, 3.63) is 81.8 Å². The number of rotatable bonds is 3. The average Bonchev–Trinajstić information content (AvgIpc) is 2.61. The molecule has 0 N–H and O–H groups in total. The van der Waals surface area contributed by atoms with Crippen molar-refractivity contribution in [3.8, 4) is 0 Å². The molecule has 0 aromatic heterocycles. The van der Waals surface area contributed by atoms with Crippen LogP contribution in [0.3, 0.4) is 0 Å². The molecule has 3 nitrogen and oxygen atoms in total. The van der Waals surface area contributed by atoms with E-state index in [2.05, 4.69) is 15.9 Å². The summed E-state index contributed by atoms with van der Waals surface area (Å²) in [6.07, 6.45) is 0.653. The largest absolute Gasteiger partial charge is 0.274 e. The van der Waals surface area contributed by atoms with Gasteiger partial charge in [0.05, 0.1) is 0 Å². The van der Waals surface area contributed by atoms with E-state index < -0.39 is 0 Å². The molecule has 1 heterocycles. The van der Waals surface area contributed by atoms with Gasteiger partial charge in [0, 0.05) is 27.5 Å². The van der Waals surface area contributed by atoms with Crippen molar-refractivity contribution >= 4 is 38.5 Å². The molecule has 0 saturated heterocycles. The highest BCUT2D eigenvalue weighted by molar-refractivity contribution is 9.10. The highest BCUT2D eigenvalue weighted by Crippen LogP contribution is 2.34. The van der Waals surface area contributed by atoms with Crippen molar-refractivity contribution in [2.45, 2.75) is 6.42 Å². The number of nitrogens with zero attached hydrogens (tertiary/aromatic N) is 1. The lowest BCUT2D eigenvalue weighted by Gasteiger charge is -2.27. The first-order valence-electron chi connectivity index (χ1n) is 7.78. The summed E-state index contributed by atoms with van der Waals surface area (Å²) in [7, 11) is 0. The molecule has 118 valence electrons. The standard InChI is InChI=1S/C20H14BrNO2/c21-17-10-9-16-18-14(17)7-4-8-15(18)19(23)22(20(16)24)12-11-13-5-2-1-3-6-13/h1-10H,11-12H2. The Morgan fingerprint density at radius 2 is 1.50 bits per heavy atom. The minimum atomic E-state index is -0.216. The van der Waals surface area contributed by atoms with E-state index in [-0.39, 0.29) is 11.8 Å². The fourth-order valence-electron chi connectivity index (χ4n) is 3.20. The molecule has 24 heavy (non-hydrogen) atoms. The van der Waals surface area contributed by atoms with Crippen LogP contribution in [0, 0.1) is 0 Å². The molecule has 4 rings (SSSR count). The summed E-state index contributed by atoms with van der Waals surface area (Å²) < 4.78 is 0.890. The lowest BCUT2D eigenvalue weighted by molar-refractivity contribution is 0.0612. The molecular weight excluding hydrogens is 366 g/mol. The summed E-state index contributed by atoms with van der Waals surface area (Å²) in [5, 5.41) is 1.65. The number of hydrogen-bond acceptors (Lipinski definition) is 2. The van der Waals surface area contributed by atoms with Crippen molar-refractivity contribution in [1.82, 2.24) is 4.90 Å². The Labute approximate surface area is 148 Å². The quantitative estimate of drug-likeness (QED) is 0.630. The third kappa shape index (κ3) is 2.34. The molecule has 4 heteroatoms. The number of hydrogen-bond donors (Lipinski definition) is 0. The van der Waals surface area contributed by atoms with Gasteiger partial charge in [-0.25, -0.2) is 0 Å². The number of benzene rings is 3. The first-order chi connectivity index (χ1) is 11.7. The minimum absolute atomic E-state index is 0.216. The number of amides is 2. The first-order valence-corrected chi connectivity index (χ1v) is 8.57. The first kappa shape index (κ1) is 15.1. The predicted molar refractivity (Wildman–Crippen MR) is 97.2 cm³/mol. The summed E-state index contributed by atoms with van der Waals surface area (Å²) in [4.78, 5) is 27.0. The molecule has 0 saturated carbocycles. The van der Waals surface area contributed by atoms with Gasteiger partial charge in [-0.2, -0.15) is 0 Å². The van der Waals surface area contributed by atoms with Gasteiger partial charge in [0.25, 0.3) is 11.8 Å². The maximum Gasteiger partial charge on any atom is 0.261 e. The van der Waals surface area contributed by atoms with Gasteiger partial charge in [-0.3, -0.25) is 14.5 Å². The van der Waals surface area contributed by atoms with E-state index >= 15 is 0 Å². The molecule has 0 spiro atoms. The highest BCUT2D eigenvalue weighted by Gasteiger charge is 2.32. The summed E-state index contributed by atoms with van der Waals surface area (Å²) in [6.45, 7) is 0.383. The second-order valence-corrected chi connectivity index (χ2v) is 6.67. The molecule has 1 aliphatic heterocycles. The average molecular weight is 380 g/mol. The number of carbonyl (C=O) groups excluding carboxylic acids is 2. The zero-order chi connectivity index (χ0) is 16.7. The van der Waals surface area contributed by atoms with Gasteiger partial charge in [0.1, 0.15) is 0 Å². The second-order valence-electron chi connectivity index (χ2n) is 5.82. The smallest absolute Gasteiger partial charge is 0.261 e. The van der Waals surface area contributed by atoms with E-state index in [1.54, 1.807) is 12.1 Å². The molecule has 0 radical (unpaired) electrons. The lowest BCUT2D eigenvalue weighted by atomic mass is 9.94. The zero-order valence-electron chi connectivity index (χ0n) is 12.8. The van der Waals surface area contributed by atoms with Crippen LogP contribution < -0.4 is 0 Å². The van der Waals surface area contributed by atoms with Gasteiger partial charge in [-0.1, -0.05) is 58.4 Å². The van der Waals surface area contributed by atoms with Crippen LogP contribution in [0.15, 0.2) is 65.1 Å². The zero-order valence-corrected chi connectivity index (χ0v) is 14.4. The maximum absolute atomic E-state index is 12.8. The van der Waals surface area contributed by atoms with Crippen LogP contribution in [0.2, 0.25) is 0 Å². The third-order valence-electron chi connectivity index (χ3n) is 4.41. The summed E-state index contributed by atoms with van der Waals surface area (Å²) in [5.41, 5.74) is 2.30. The summed E-state index contributed by atoms with van der Waals surface area (Å²) in [5.74, 6) is -0.431. The molecule has 1 aliphatic rings. The van der Waals surface area contributed by atoms with E-state index in [0.717, 1.165) is 20.8 Å². The maximum atomic E-state index is 12.8. The van der Waals surface area contributed by atoms with Crippen molar-refractivity contribution in [2.75, 3.05) is 6.54 Å². The van der Waals surface area contributed by atoms with E-state index in [0.29, 0.717) is 24.1 Å². The van der Waals surface area contributed by atoms with Crippen molar-refractivity contribution < 1.29 is 9.59 Å². The molecule has 0 unspecified atom stereocenters. The monoisotopic (exact) mass is 379 g/mol. The summed E-state index contributed by atoms with van der Waals surface area (Å²) in [6, 6.07) is 19.1. The number of halogens is 1. The van der Waals surface area contributed by atoms with Gasteiger partial charge in [0.2, 0.25) is 0 Å². The third-order valence-corrected chi connectivity index (χ3v) is 5.10. The van der Waals surface area contributed by atoms with Gasteiger partial charge < -0.3 is 0 Å². The fourth-order valence-corrected chi connectivity index (χ4v) is 3.66. The molecule has 3 aromatic carbocycles. The van der Waals surface area contributed by atoms with Crippen LogP contribution >= 0.6 is 15.9 Å².